The molecule has 1 aromatic rings. The molecule has 0 radical (unpaired) electrons. The van der Waals surface area contributed by atoms with E-state index >= 15 is 0 Å². The van der Waals surface area contributed by atoms with Gasteiger partial charge in [-0.1, -0.05) is 0 Å². The van der Waals surface area contributed by atoms with Crippen LogP contribution in [0.4, 0.5) is 5.82 Å². The van der Waals surface area contributed by atoms with Gasteiger partial charge in [0.1, 0.15) is 0 Å². The molecule has 0 bridgehead atoms. The van der Waals surface area contributed by atoms with E-state index in [0.29, 0.717) is 17.9 Å². The van der Waals surface area contributed by atoms with E-state index in [1.807, 2.05) is 0 Å². The van der Waals surface area contributed by atoms with Crippen molar-refractivity contribution in [3.05, 3.63) is 22.7 Å². The summed E-state index contributed by atoms with van der Waals surface area (Å²) in [4.78, 5) is 18.6. The van der Waals surface area contributed by atoms with Crippen molar-refractivity contribution in [1.82, 2.24) is 14.9 Å². The van der Waals surface area contributed by atoms with Gasteiger partial charge in [-0.25, -0.2) is 4.98 Å². The van der Waals surface area contributed by atoms with Crippen LogP contribution in [0.25, 0.3) is 0 Å². The fourth-order valence-corrected chi connectivity index (χ4v) is 3.21. The number of hydrogen-bond donors (Lipinski definition) is 1. The first-order valence-corrected chi connectivity index (χ1v) is 7.84. The third-order valence-electron chi connectivity index (χ3n) is 4.35. The SMILES string of the molecule is Cn1ccnc(N2CCC[C@H](N[C@H]3CCCOC3)C2)c1=O. The Morgan fingerprint density at radius 1 is 1.33 bits per heavy atom. The van der Waals surface area contributed by atoms with Crippen LogP contribution >= 0.6 is 0 Å². The van der Waals surface area contributed by atoms with Crippen LogP contribution in [-0.2, 0) is 11.8 Å². The molecule has 116 valence electrons. The molecule has 0 aliphatic carbocycles. The Labute approximate surface area is 125 Å². The molecule has 0 saturated carbocycles. The van der Waals surface area contributed by atoms with Gasteiger partial charge in [-0.2, -0.15) is 0 Å². The van der Waals surface area contributed by atoms with Crippen LogP contribution in [0.2, 0.25) is 0 Å². The minimum absolute atomic E-state index is 0.0147. The van der Waals surface area contributed by atoms with Crippen LogP contribution < -0.4 is 15.8 Å². The van der Waals surface area contributed by atoms with Crippen LogP contribution in [0.1, 0.15) is 25.7 Å². The smallest absolute Gasteiger partial charge is 0.293 e. The summed E-state index contributed by atoms with van der Waals surface area (Å²) in [6.45, 7) is 3.45. The molecular weight excluding hydrogens is 268 g/mol. The Morgan fingerprint density at radius 2 is 2.19 bits per heavy atom. The predicted octanol–water partition coefficient (Wildman–Crippen LogP) is 0.518. The molecule has 2 atom stereocenters. The zero-order valence-electron chi connectivity index (χ0n) is 12.6. The number of hydrogen-bond acceptors (Lipinski definition) is 5. The van der Waals surface area contributed by atoms with Gasteiger partial charge in [-0.05, 0) is 25.7 Å². The summed E-state index contributed by atoms with van der Waals surface area (Å²) in [7, 11) is 1.77. The molecular formula is C15H24N4O2. The van der Waals surface area contributed by atoms with Crippen molar-refractivity contribution >= 4 is 5.82 Å². The average molecular weight is 292 g/mol. The van der Waals surface area contributed by atoms with E-state index in [0.717, 1.165) is 45.6 Å². The van der Waals surface area contributed by atoms with Crippen LogP contribution in [0.5, 0.6) is 0 Å². The topological polar surface area (TPSA) is 59.4 Å². The number of ether oxygens (including phenoxy) is 1. The van der Waals surface area contributed by atoms with Crippen molar-refractivity contribution in [2.75, 3.05) is 31.2 Å². The van der Waals surface area contributed by atoms with Crippen LogP contribution in [0, 0.1) is 0 Å². The van der Waals surface area contributed by atoms with Gasteiger partial charge in [0.25, 0.3) is 5.56 Å². The molecule has 0 unspecified atom stereocenters. The number of nitrogens with zero attached hydrogens (tertiary/aromatic N) is 3. The lowest BCUT2D eigenvalue weighted by Crippen LogP contribution is -2.52. The minimum Gasteiger partial charge on any atom is -0.380 e. The third-order valence-corrected chi connectivity index (χ3v) is 4.35. The Bertz CT molecular complexity index is 525. The van der Waals surface area contributed by atoms with Crippen molar-refractivity contribution in [3.8, 4) is 0 Å². The molecule has 1 N–H and O–H groups in total. The molecule has 3 heterocycles. The largest absolute Gasteiger partial charge is 0.380 e. The van der Waals surface area contributed by atoms with E-state index in [4.69, 9.17) is 4.74 Å². The lowest BCUT2D eigenvalue weighted by atomic mass is 10.0. The van der Waals surface area contributed by atoms with E-state index in [-0.39, 0.29) is 5.56 Å². The maximum atomic E-state index is 12.2. The Balaban J connectivity index is 1.65. The molecule has 2 aliphatic heterocycles. The van der Waals surface area contributed by atoms with Crippen LogP contribution in [0.3, 0.4) is 0 Å². The van der Waals surface area contributed by atoms with Gasteiger partial charge in [-0.15, -0.1) is 0 Å². The Hall–Kier alpha value is -1.40. The van der Waals surface area contributed by atoms with Gasteiger partial charge in [0.05, 0.1) is 6.61 Å². The summed E-state index contributed by atoms with van der Waals surface area (Å²) < 4.78 is 7.12. The predicted molar refractivity (Wildman–Crippen MR) is 81.7 cm³/mol. The van der Waals surface area contributed by atoms with Gasteiger partial charge in [0, 0.05) is 51.2 Å². The number of anilines is 1. The zero-order valence-corrected chi connectivity index (χ0v) is 12.6. The van der Waals surface area contributed by atoms with Gasteiger partial charge >= 0.3 is 0 Å². The van der Waals surface area contributed by atoms with Gasteiger partial charge in [0.2, 0.25) is 0 Å². The van der Waals surface area contributed by atoms with Crippen molar-refractivity contribution in [2.24, 2.45) is 7.05 Å². The summed E-state index contributed by atoms with van der Waals surface area (Å²) in [5.74, 6) is 0.575. The maximum Gasteiger partial charge on any atom is 0.293 e. The summed E-state index contributed by atoms with van der Waals surface area (Å²) in [5, 5.41) is 3.69. The first-order valence-electron chi connectivity index (χ1n) is 7.84. The second-order valence-corrected chi connectivity index (χ2v) is 6.03. The second kappa shape index (κ2) is 6.58. The van der Waals surface area contributed by atoms with E-state index in [2.05, 4.69) is 15.2 Å². The monoisotopic (exact) mass is 292 g/mol. The van der Waals surface area contributed by atoms with Crippen LogP contribution in [-0.4, -0.2) is 47.9 Å². The molecule has 0 spiro atoms. The molecule has 1 aromatic heterocycles. The number of aryl methyl sites for hydroxylation is 1. The highest BCUT2D eigenvalue weighted by Crippen LogP contribution is 2.16. The summed E-state index contributed by atoms with van der Waals surface area (Å²) in [5.41, 5.74) is -0.0147. The molecule has 0 aromatic carbocycles. The van der Waals surface area contributed by atoms with Crippen molar-refractivity contribution < 1.29 is 4.74 Å². The Morgan fingerprint density at radius 3 is 3.00 bits per heavy atom. The van der Waals surface area contributed by atoms with E-state index in [9.17, 15) is 4.79 Å². The highest BCUT2D eigenvalue weighted by molar-refractivity contribution is 5.36. The molecule has 2 aliphatic rings. The minimum atomic E-state index is -0.0147. The summed E-state index contributed by atoms with van der Waals surface area (Å²) in [6, 6.07) is 0.868. The first kappa shape index (κ1) is 14.5. The number of aromatic nitrogens is 2. The van der Waals surface area contributed by atoms with E-state index in [1.165, 1.54) is 6.42 Å². The van der Waals surface area contributed by atoms with E-state index in [1.54, 1.807) is 24.0 Å². The molecule has 21 heavy (non-hydrogen) atoms. The normalized spacial score (nSPS) is 26.8. The Kier molecular flexibility index (Phi) is 4.55. The van der Waals surface area contributed by atoms with Gasteiger partial charge in [-0.3, -0.25) is 4.79 Å². The lowest BCUT2D eigenvalue weighted by molar-refractivity contribution is 0.0655. The van der Waals surface area contributed by atoms with E-state index < -0.39 is 0 Å². The number of nitrogens with one attached hydrogen (secondary N) is 1. The number of piperidine rings is 1. The molecule has 6 heteroatoms. The summed E-state index contributed by atoms with van der Waals surface area (Å²) >= 11 is 0. The molecule has 0 amide bonds. The molecule has 2 saturated heterocycles. The van der Waals surface area contributed by atoms with Gasteiger partial charge < -0.3 is 19.5 Å². The van der Waals surface area contributed by atoms with Crippen molar-refractivity contribution in [2.45, 2.75) is 37.8 Å². The lowest BCUT2D eigenvalue weighted by Gasteiger charge is -2.36. The first-order chi connectivity index (χ1) is 10.2. The fraction of sp³-hybridized carbons (Fsp3) is 0.733. The molecule has 6 nitrogen and oxygen atoms in total. The maximum absolute atomic E-state index is 12.2. The van der Waals surface area contributed by atoms with Gasteiger partial charge in [0.15, 0.2) is 5.82 Å². The number of rotatable bonds is 3. The zero-order chi connectivity index (χ0) is 14.7. The second-order valence-electron chi connectivity index (χ2n) is 6.03. The average Bonchev–Trinajstić information content (AvgIpc) is 2.51. The molecule has 3 rings (SSSR count). The van der Waals surface area contributed by atoms with Crippen LogP contribution in [0.15, 0.2) is 17.2 Å². The highest BCUT2D eigenvalue weighted by Gasteiger charge is 2.25. The summed E-state index contributed by atoms with van der Waals surface area (Å²) in [6.07, 6.45) is 7.95. The highest BCUT2D eigenvalue weighted by atomic mass is 16.5. The molecule has 2 fully saturated rings. The van der Waals surface area contributed by atoms with Crippen molar-refractivity contribution in [3.63, 3.8) is 0 Å². The standard InChI is InChI=1S/C15H24N4O2/c1-18-8-6-16-14(15(18)20)19-7-2-4-12(10-19)17-13-5-3-9-21-11-13/h6,8,12-13,17H,2-5,7,9-11H2,1H3/t12-,13-/m0/s1. The van der Waals surface area contributed by atoms with Crippen molar-refractivity contribution in [1.29, 1.82) is 0 Å². The third kappa shape index (κ3) is 3.44. The fourth-order valence-electron chi connectivity index (χ4n) is 3.21. The quantitative estimate of drug-likeness (QED) is 0.880.